The molecule has 0 spiro atoms. The summed E-state index contributed by atoms with van der Waals surface area (Å²) in [6.07, 6.45) is 28.7. The first-order chi connectivity index (χ1) is 26.3. The fraction of sp³-hybridized carbons (Fsp3) is 0.955. The number of rotatable bonds is 38. The third-order valence-electron chi connectivity index (χ3n) is 10.7. The van der Waals surface area contributed by atoms with Crippen LogP contribution in [0.3, 0.4) is 0 Å². The van der Waals surface area contributed by atoms with Gasteiger partial charge < -0.3 is 39.4 Å². The predicted molar refractivity (Wildman–Crippen MR) is 215 cm³/mol. The van der Waals surface area contributed by atoms with Crippen molar-refractivity contribution in [2.75, 3.05) is 19.8 Å². The van der Waals surface area contributed by atoms with Gasteiger partial charge in [0.2, 0.25) is 0 Å². The van der Waals surface area contributed by atoms with E-state index in [2.05, 4.69) is 13.8 Å². The van der Waals surface area contributed by atoms with Crippen LogP contribution >= 0.6 is 0 Å². The monoisotopic (exact) mass is 773 g/mol. The molecule has 4 N–H and O–H groups in total. The molecule has 1 aliphatic rings. The molecule has 0 aromatic rings. The summed E-state index contributed by atoms with van der Waals surface area (Å²) in [7, 11) is 0. The molecule has 1 rings (SSSR count). The quantitative estimate of drug-likeness (QED) is 0.0353. The average molecular weight is 773 g/mol. The van der Waals surface area contributed by atoms with Crippen molar-refractivity contribution in [2.45, 2.75) is 250 Å². The standard InChI is InChI=1S/C44H84O10/c1-3-5-7-9-11-12-13-14-15-16-17-18-19-20-21-22-23-24-25-26-27-29-31-33-40(47)53-37(35-51-39(46)32-30-28-10-8-6-4-2)36-52-44-43(50)42(49)41(48)38(34-45)54-44/h37-38,41-45,48-50H,3-36H2,1-2H3. The fourth-order valence-electron chi connectivity index (χ4n) is 7.13. The fourth-order valence-corrected chi connectivity index (χ4v) is 7.13. The molecular weight excluding hydrogens is 688 g/mol. The minimum absolute atomic E-state index is 0.211. The van der Waals surface area contributed by atoms with E-state index < -0.39 is 49.4 Å². The Morgan fingerprint density at radius 3 is 1.26 bits per heavy atom. The van der Waals surface area contributed by atoms with Crippen molar-refractivity contribution in [2.24, 2.45) is 0 Å². The van der Waals surface area contributed by atoms with Crippen LogP contribution in [0.25, 0.3) is 0 Å². The number of aliphatic hydroxyl groups is 4. The van der Waals surface area contributed by atoms with E-state index in [9.17, 15) is 30.0 Å². The van der Waals surface area contributed by atoms with Crippen LogP contribution in [0.4, 0.5) is 0 Å². The van der Waals surface area contributed by atoms with Crippen molar-refractivity contribution >= 4 is 11.9 Å². The van der Waals surface area contributed by atoms with E-state index >= 15 is 0 Å². The summed E-state index contributed by atoms with van der Waals surface area (Å²) in [6, 6.07) is 0. The number of hydrogen-bond donors (Lipinski definition) is 4. The van der Waals surface area contributed by atoms with Crippen molar-refractivity contribution < 1.29 is 49.0 Å². The maximum absolute atomic E-state index is 12.7. The third kappa shape index (κ3) is 27.3. The first kappa shape index (κ1) is 50.7. The smallest absolute Gasteiger partial charge is 0.306 e. The van der Waals surface area contributed by atoms with Crippen LogP contribution in [0, 0.1) is 0 Å². The summed E-state index contributed by atoms with van der Waals surface area (Å²) >= 11 is 0. The van der Waals surface area contributed by atoms with Crippen LogP contribution in [-0.4, -0.2) is 89.0 Å². The number of esters is 2. The second-order valence-electron chi connectivity index (χ2n) is 15.9. The van der Waals surface area contributed by atoms with Gasteiger partial charge in [-0.05, 0) is 12.8 Å². The lowest BCUT2D eigenvalue weighted by molar-refractivity contribution is -0.305. The molecule has 0 bridgehead atoms. The molecule has 0 saturated carbocycles. The van der Waals surface area contributed by atoms with Gasteiger partial charge in [-0.3, -0.25) is 9.59 Å². The average Bonchev–Trinajstić information content (AvgIpc) is 3.17. The highest BCUT2D eigenvalue weighted by molar-refractivity contribution is 5.70. The Balaban J connectivity index is 2.17. The zero-order valence-corrected chi connectivity index (χ0v) is 34.7. The van der Waals surface area contributed by atoms with E-state index in [1.165, 1.54) is 128 Å². The second-order valence-corrected chi connectivity index (χ2v) is 15.9. The first-order valence-electron chi connectivity index (χ1n) is 22.6. The molecule has 10 nitrogen and oxygen atoms in total. The predicted octanol–water partition coefficient (Wildman–Crippen LogP) is 9.39. The van der Waals surface area contributed by atoms with Crippen LogP contribution in [0.5, 0.6) is 0 Å². The van der Waals surface area contributed by atoms with E-state index in [-0.39, 0.29) is 32.0 Å². The van der Waals surface area contributed by atoms with Crippen molar-refractivity contribution in [3.8, 4) is 0 Å². The number of ether oxygens (including phenoxy) is 4. The maximum Gasteiger partial charge on any atom is 0.306 e. The topological polar surface area (TPSA) is 152 Å². The molecule has 0 aromatic carbocycles. The van der Waals surface area contributed by atoms with Crippen LogP contribution < -0.4 is 0 Å². The summed E-state index contributed by atoms with van der Waals surface area (Å²) in [5, 5.41) is 39.9. The molecule has 6 unspecified atom stereocenters. The Kier molecular flexibility index (Phi) is 33.9. The number of carbonyl (C=O) groups excluding carboxylic acids is 2. The molecule has 0 aromatic heterocycles. The number of unbranched alkanes of at least 4 members (excludes halogenated alkanes) is 27. The van der Waals surface area contributed by atoms with Gasteiger partial charge >= 0.3 is 11.9 Å². The van der Waals surface area contributed by atoms with Gasteiger partial charge in [0, 0.05) is 12.8 Å². The minimum Gasteiger partial charge on any atom is -0.462 e. The van der Waals surface area contributed by atoms with Gasteiger partial charge in [0.15, 0.2) is 12.4 Å². The van der Waals surface area contributed by atoms with Crippen LogP contribution in [0.1, 0.15) is 213 Å². The number of aliphatic hydroxyl groups excluding tert-OH is 4. The minimum atomic E-state index is -1.59. The van der Waals surface area contributed by atoms with Gasteiger partial charge in [-0.25, -0.2) is 0 Å². The summed E-state index contributed by atoms with van der Waals surface area (Å²) in [4.78, 5) is 25.1. The molecular formula is C44H84O10. The van der Waals surface area contributed by atoms with E-state index in [0.717, 1.165) is 51.4 Å². The highest BCUT2D eigenvalue weighted by Crippen LogP contribution is 2.23. The zero-order valence-electron chi connectivity index (χ0n) is 34.7. The molecule has 1 fully saturated rings. The maximum atomic E-state index is 12.7. The summed E-state index contributed by atoms with van der Waals surface area (Å²) in [6.45, 7) is 3.38. The van der Waals surface area contributed by atoms with Gasteiger partial charge in [-0.1, -0.05) is 187 Å². The van der Waals surface area contributed by atoms with E-state index in [1.807, 2.05) is 0 Å². The largest absolute Gasteiger partial charge is 0.462 e. The van der Waals surface area contributed by atoms with E-state index in [0.29, 0.717) is 6.42 Å². The van der Waals surface area contributed by atoms with Crippen molar-refractivity contribution in [1.82, 2.24) is 0 Å². The van der Waals surface area contributed by atoms with Crippen molar-refractivity contribution in [1.29, 1.82) is 0 Å². The van der Waals surface area contributed by atoms with Crippen molar-refractivity contribution in [3.63, 3.8) is 0 Å². The van der Waals surface area contributed by atoms with Crippen LogP contribution in [0.15, 0.2) is 0 Å². The van der Waals surface area contributed by atoms with Gasteiger partial charge in [0.05, 0.1) is 13.2 Å². The molecule has 6 atom stereocenters. The summed E-state index contributed by atoms with van der Waals surface area (Å²) in [5.41, 5.74) is 0. The molecule has 1 heterocycles. The molecule has 320 valence electrons. The number of hydrogen-bond acceptors (Lipinski definition) is 10. The van der Waals surface area contributed by atoms with Crippen LogP contribution in [-0.2, 0) is 28.5 Å². The summed E-state index contributed by atoms with van der Waals surface area (Å²) in [5.74, 6) is -0.804. The molecule has 1 aliphatic heterocycles. The van der Waals surface area contributed by atoms with Gasteiger partial charge in [0.25, 0.3) is 0 Å². The van der Waals surface area contributed by atoms with Gasteiger partial charge in [-0.2, -0.15) is 0 Å². The lowest BCUT2D eigenvalue weighted by Crippen LogP contribution is -2.59. The van der Waals surface area contributed by atoms with Crippen molar-refractivity contribution in [3.05, 3.63) is 0 Å². The SMILES string of the molecule is CCCCCCCCCCCCCCCCCCCCCCCCCC(=O)OC(COC(=O)CCCCCCCC)COC1OC(CO)C(O)C(O)C1O. The lowest BCUT2D eigenvalue weighted by atomic mass is 9.99. The zero-order chi connectivity index (χ0) is 39.5. The molecule has 1 saturated heterocycles. The van der Waals surface area contributed by atoms with E-state index in [1.54, 1.807) is 0 Å². The Morgan fingerprint density at radius 2 is 0.870 bits per heavy atom. The Morgan fingerprint density at radius 1 is 0.500 bits per heavy atom. The summed E-state index contributed by atoms with van der Waals surface area (Å²) < 4.78 is 22.0. The highest BCUT2D eigenvalue weighted by Gasteiger charge is 2.44. The van der Waals surface area contributed by atoms with Gasteiger partial charge in [-0.15, -0.1) is 0 Å². The van der Waals surface area contributed by atoms with E-state index in [4.69, 9.17) is 18.9 Å². The Bertz CT molecular complexity index is 855. The third-order valence-corrected chi connectivity index (χ3v) is 10.7. The molecule has 0 amide bonds. The second kappa shape index (κ2) is 36.1. The molecule has 10 heteroatoms. The lowest BCUT2D eigenvalue weighted by Gasteiger charge is -2.39. The molecule has 0 radical (unpaired) electrons. The normalized spacial score (nSPS) is 20.6. The first-order valence-corrected chi connectivity index (χ1v) is 22.6. The van der Waals surface area contributed by atoms with Gasteiger partial charge in [0.1, 0.15) is 31.0 Å². The number of carbonyl (C=O) groups is 2. The molecule has 0 aliphatic carbocycles. The molecule has 54 heavy (non-hydrogen) atoms. The highest BCUT2D eigenvalue weighted by atomic mass is 16.7. The Hall–Kier alpha value is -1.30. The van der Waals surface area contributed by atoms with Crippen LogP contribution in [0.2, 0.25) is 0 Å². The Labute approximate surface area is 329 Å².